The molecule has 5 rings (SSSR count). The van der Waals surface area contributed by atoms with Crippen LogP contribution in [0.3, 0.4) is 0 Å². The van der Waals surface area contributed by atoms with Gasteiger partial charge in [-0.05, 0) is 79.6 Å². The number of ketones is 1. The van der Waals surface area contributed by atoms with Crippen LogP contribution in [0.1, 0.15) is 66.3 Å². The molecule has 3 aromatic carbocycles. The van der Waals surface area contributed by atoms with Gasteiger partial charge in [-0.25, -0.2) is 9.59 Å². The van der Waals surface area contributed by atoms with Gasteiger partial charge in [-0.1, -0.05) is 6.07 Å². The summed E-state index contributed by atoms with van der Waals surface area (Å²) in [6.07, 6.45) is 1.72. The monoisotopic (exact) mass is 547 g/mol. The fourth-order valence-electron chi connectivity index (χ4n) is 5.69. The number of fused-ring (bicyclic) bond motifs is 2. The Kier molecular flexibility index (Phi) is 6.80. The summed E-state index contributed by atoms with van der Waals surface area (Å²) in [5.41, 5.74) is -1.81. The Labute approximate surface area is 227 Å². The maximum absolute atomic E-state index is 13.1. The number of carbonyl (C=O) groups excluding carboxylic acids is 3. The van der Waals surface area contributed by atoms with Gasteiger partial charge < -0.3 is 35.6 Å². The molecule has 206 valence electrons. The third-order valence-electron chi connectivity index (χ3n) is 7.57. The largest absolute Gasteiger partial charge is 0.508 e. The van der Waals surface area contributed by atoms with Gasteiger partial charge in [-0.15, -0.1) is 0 Å². The summed E-state index contributed by atoms with van der Waals surface area (Å²) >= 11 is 0. The van der Waals surface area contributed by atoms with Crippen LogP contribution in [-0.2, 0) is 4.74 Å². The molecule has 0 aliphatic heterocycles. The number of nitrogens with one attached hydrogen (secondary N) is 1. The zero-order chi connectivity index (χ0) is 28.7. The second kappa shape index (κ2) is 10.3. The van der Waals surface area contributed by atoms with Gasteiger partial charge in [0, 0.05) is 5.56 Å². The number of phenols is 4. The number of esters is 1. The first-order valence-corrected chi connectivity index (χ1v) is 12.5. The molecule has 0 spiro atoms. The fraction of sp³-hybridized carbons (Fsp3) is 0.241. The molecule has 2 bridgehead atoms. The van der Waals surface area contributed by atoms with Crippen molar-refractivity contribution in [3.05, 3.63) is 82.4 Å². The molecule has 0 heterocycles. The molecule has 6 N–H and O–H groups in total. The summed E-state index contributed by atoms with van der Waals surface area (Å²) < 4.78 is 5.75. The van der Waals surface area contributed by atoms with Crippen molar-refractivity contribution in [3.8, 4) is 23.0 Å². The number of amides is 1. The number of hydrogen-bond donors (Lipinski definition) is 6. The molecule has 4 atom stereocenters. The van der Waals surface area contributed by atoms with E-state index in [1.807, 2.05) is 0 Å². The molecule has 2 saturated carbocycles. The van der Waals surface area contributed by atoms with Crippen molar-refractivity contribution < 1.29 is 49.4 Å². The van der Waals surface area contributed by atoms with Crippen molar-refractivity contribution in [3.63, 3.8) is 0 Å². The molecule has 3 aromatic rings. The van der Waals surface area contributed by atoms with Gasteiger partial charge in [0.1, 0.15) is 34.7 Å². The summed E-state index contributed by atoms with van der Waals surface area (Å²) in [5, 5.41) is 53.0. The van der Waals surface area contributed by atoms with Gasteiger partial charge in [-0.2, -0.15) is 0 Å². The minimum atomic E-state index is -1.50. The lowest BCUT2D eigenvalue weighted by Crippen LogP contribution is -2.48. The van der Waals surface area contributed by atoms with E-state index in [4.69, 9.17) is 4.74 Å². The quantitative estimate of drug-likeness (QED) is 0.189. The van der Waals surface area contributed by atoms with Crippen molar-refractivity contribution in [1.29, 1.82) is 0 Å². The van der Waals surface area contributed by atoms with Gasteiger partial charge in [0.15, 0.2) is 0 Å². The first-order chi connectivity index (χ1) is 19.0. The van der Waals surface area contributed by atoms with Crippen molar-refractivity contribution in [2.75, 3.05) is 0 Å². The summed E-state index contributed by atoms with van der Waals surface area (Å²) in [5.74, 6) is -6.14. The highest BCUT2D eigenvalue weighted by Gasteiger charge is 2.50. The van der Waals surface area contributed by atoms with Crippen LogP contribution in [0.4, 0.5) is 0 Å². The summed E-state index contributed by atoms with van der Waals surface area (Å²) in [7, 11) is 0. The van der Waals surface area contributed by atoms with E-state index in [0.29, 0.717) is 5.56 Å². The topological polar surface area (TPSA) is 191 Å². The summed E-state index contributed by atoms with van der Waals surface area (Å²) in [6.45, 7) is 0. The third-order valence-corrected chi connectivity index (χ3v) is 7.57. The second-order valence-corrected chi connectivity index (χ2v) is 9.97. The minimum absolute atomic E-state index is 0.00221. The Hall–Kier alpha value is -5.06. The molecular formula is C29H25NO10. The molecule has 0 saturated heterocycles. The van der Waals surface area contributed by atoms with Crippen LogP contribution in [0.15, 0.2) is 54.6 Å². The van der Waals surface area contributed by atoms with E-state index in [2.05, 4.69) is 5.32 Å². The van der Waals surface area contributed by atoms with Crippen molar-refractivity contribution in [2.24, 2.45) is 11.8 Å². The van der Waals surface area contributed by atoms with E-state index in [1.165, 1.54) is 30.3 Å². The third kappa shape index (κ3) is 4.77. The molecule has 40 heavy (non-hydrogen) atoms. The van der Waals surface area contributed by atoms with Gasteiger partial charge in [0.25, 0.3) is 5.91 Å². The average molecular weight is 548 g/mol. The van der Waals surface area contributed by atoms with Gasteiger partial charge >= 0.3 is 11.9 Å². The van der Waals surface area contributed by atoms with Crippen LogP contribution in [0.5, 0.6) is 23.0 Å². The Bertz CT molecular complexity index is 1510. The normalized spacial score (nSPS) is 21.1. The van der Waals surface area contributed by atoms with E-state index >= 15 is 0 Å². The highest BCUT2D eigenvalue weighted by molar-refractivity contribution is 6.18. The Morgan fingerprint density at radius 1 is 0.775 bits per heavy atom. The van der Waals surface area contributed by atoms with E-state index in [9.17, 15) is 44.7 Å². The van der Waals surface area contributed by atoms with Crippen LogP contribution in [0, 0.1) is 11.8 Å². The predicted octanol–water partition coefficient (Wildman–Crippen LogP) is 3.19. The average Bonchev–Trinajstić information content (AvgIpc) is 3.51. The smallest absolute Gasteiger partial charge is 0.338 e. The zero-order valence-corrected chi connectivity index (χ0v) is 20.9. The fourth-order valence-corrected chi connectivity index (χ4v) is 5.69. The lowest BCUT2D eigenvalue weighted by atomic mass is 9.92. The molecular weight excluding hydrogens is 522 g/mol. The highest BCUT2D eigenvalue weighted by atomic mass is 16.5. The summed E-state index contributed by atoms with van der Waals surface area (Å²) in [6, 6.07) is 10.5. The number of ether oxygens (including phenoxy) is 1. The second-order valence-electron chi connectivity index (χ2n) is 9.97. The maximum atomic E-state index is 13.1. The van der Waals surface area contributed by atoms with Gasteiger partial charge in [-0.3, -0.25) is 9.59 Å². The van der Waals surface area contributed by atoms with E-state index in [1.54, 1.807) is 0 Å². The van der Waals surface area contributed by atoms with Gasteiger partial charge in [0.2, 0.25) is 5.78 Å². The molecule has 0 unspecified atom stereocenters. The minimum Gasteiger partial charge on any atom is -0.508 e. The van der Waals surface area contributed by atoms with Crippen LogP contribution in [0.25, 0.3) is 0 Å². The highest BCUT2D eigenvalue weighted by Crippen LogP contribution is 2.46. The Balaban J connectivity index is 1.37. The molecule has 11 nitrogen and oxygen atoms in total. The maximum Gasteiger partial charge on any atom is 0.338 e. The first-order valence-electron chi connectivity index (χ1n) is 12.5. The van der Waals surface area contributed by atoms with Gasteiger partial charge in [0.05, 0.1) is 22.7 Å². The van der Waals surface area contributed by atoms with Crippen molar-refractivity contribution >= 4 is 23.6 Å². The standard InChI is InChI=1S/C29H25NO10/c31-17-8-6-13(7-9-17)27(36)30-24-14-4-5-15(10-14)26(24)40-29(39)16-11-20(33)23(21(34)12-16)25(35)22-18(28(37)38)2-1-3-19(22)32/h1-3,6-9,11-12,14-15,24,26,31-34H,4-5,10H2,(H,30,36)(H,37,38)/t14-,15+,24+,26+/m0/s1. The van der Waals surface area contributed by atoms with Crippen molar-refractivity contribution in [1.82, 2.24) is 5.32 Å². The molecule has 1 amide bonds. The number of aromatic carboxylic acids is 1. The van der Waals surface area contributed by atoms with Crippen LogP contribution < -0.4 is 5.32 Å². The molecule has 2 aliphatic rings. The van der Waals surface area contributed by atoms with Crippen LogP contribution >= 0.6 is 0 Å². The SMILES string of the molecule is O=C(N[C@@H]1[C@H]2CC[C@H](C2)[C@H]1OC(=O)c1cc(O)c(C(=O)c2c(O)cccc2C(=O)O)c(O)c1)c1ccc(O)cc1. The summed E-state index contributed by atoms with van der Waals surface area (Å²) in [4.78, 5) is 50.5. The number of carbonyl (C=O) groups is 4. The number of carboxylic acids is 1. The first kappa shape index (κ1) is 26.5. The molecule has 0 radical (unpaired) electrons. The van der Waals surface area contributed by atoms with E-state index in [0.717, 1.165) is 43.5 Å². The molecule has 2 aliphatic carbocycles. The predicted molar refractivity (Wildman–Crippen MR) is 138 cm³/mol. The Morgan fingerprint density at radius 2 is 1.43 bits per heavy atom. The number of benzene rings is 3. The Morgan fingerprint density at radius 3 is 2.08 bits per heavy atom. The lowest BCUT2D eigenvalue weighted by Gasteiger charge is -2.31. The lowest BCUT2D eigenvalue weighted by molar-refractivity contribution is 0.00498. The number of hydrogen-bond acceptors (Lipinski definition) is 9. The number of rotatable bonds is 7. The van der Waals surface area contributed by atoms with E-state index < -0.39 is 63.8 Å². The van der Waals surface area contributed by atoms with E-state index in [-0.39, 0.29) is 29.1 Å². The molecule has 0 aromatic heterocycles. The number of aromatic hydroxyl groups is 4. The molecule has 2 fully saturated rings. The van der Waals surface area contributed by atoms with Crippen LogP contribution in [0.2, 0.25) is 0 Å². The van der Waals surface area contributed by atoms with Crippen LogP contribution in [-0.4, -0.2) is 61.3 Å². The number of carboxylic acid groups (broad SMARTS) is 1. The van der Waals surface area contributed by atoms with Crippen molar-refractivity contribution in [2.45, 2.75) is 31.4 Å². The number of phenolic OH excluding ortho intramolecular Hbond substituents is 4. The molecule has 11 heteroatoms. The zero-order valence-electron chi connectivity index (χ0n) is 20.9.